The van der Waals surface area contributed by atoms with Gasteiger partial charge in [0, 0.05) is 24.8 Å². The topological polar surface area (TPSA) is 72.3 Å². The second-order valence-electron chi connectivity index (χ2n) is 6.98. The lowest BCUT2D eigenvalue weighted by Crippen LogP contribution is -2.43. The molecular formula is C21H21N3O3S. The molecule has 0 atom stereocenters. The molecule has 144 valence electrons. The molecule has 0 radical (unpaired) electrons. The van der Waals surface area contributed by atoms with Gasteiger partial charge in [-0.25, -0.2) is 13.1 Å². The second kappa shape index (κ2) is 7.24. The molecule has 1 fully saturated rings. The Morgan fingerprint density at radius 2 is 1.61 bits per heavy atom. The summed E-state index contributed by atoms with van der Waals surface area (Å²) in [6.45, 7) is 2.44. The first-order valence-electron chi connectivity index (χ1n) is 9.15. The molecule has 0 N–H and O–H groups in total. The van der Waals surface area contributed by atoms with Crippen LogP contribution in [0.25, 0.3) is 16.9 Å². The van der Waals surface area contributed by atoms with Crippen LogP contribution in [0, 0.1) is 6.92 Å². The van der Waals surface area contributed by atoms with Crippen LogP contribution in [0.4, 0.5) is 0 Å². The summed E-state index contributed by atoms with van der Waals surface area (Å²) >= 11 is 0. The van der Waals surface area contributed by atoms with Crippen molar-refractivity contribution < 1.29 is 13.2 Å². The maximum Gasteiger partial charge on any atom is 0.257 e. The average Bonchev–Trinajstić information content (AvgIpc) is 3.14. The number of benzene rings is 2. The lowest BCUT2D eigenvalue weighted by Gasteiger charge is -2.26. The third kappa shape index (κ3) is 3.71. The van der Waals surface area contributed by atoms with Gasteiger partial charge < -0.3 is 4.90 Å². The molecule has 1 aliphatic rings. The minimum absolute atomic E-state index is 0.00547. The van der Waals surface area contributed by atoms with Gasteiger partial charge in [0.2, 0.25) is 0 Å². The first kappa shape index (κ1) is 18.4. The summed E-state index contributed by atoms with van der Waals surface area (Å²) < 4.78 is 25.1. The zero-order valence-corrected chi connectivity index (χ0v) is 16.4. The summed E-state index contributed by atoms with van der Waals surface area (Å²) in [5, 5.41) is 4.68. The standard InChI is InChI=1S/C21H21N3O3S/c1-16-7-9-18(10-8-16)24-15-19(20(22-24)17-5-3-2-4-6-17)21(25)23-11-13-28(26,27)14-12-23/h2-10,15H,11-14H2,1H3. The van der Waals surface area contributed by atoms with Crippen LogP contribution >= 0.6 is 0 Å². The zero-order chi connectivity index (χ0) is 19.7. The summed E-state index contributed by atoms with van der Waals surface area (Å²) in [6, 6.07) is 17.5. The monoisotopic (exact) mass is 395 g/mol. The van der Waals surface area contributed by atoms with Gasteiger partial charge in [-0.3, -0.25) is 4.79 Å². The first-order valence-corrected chi connectivity index (χ1v) is 11.0. The lowest BCUT2D eigenvalue weighted by atomic mass is 10.1. The smallest absolute Gasteiger partial charge is 0.257 e. The third-order valence-electron chi connectivity index (χ3n) is 4.92. The molecule has 2 heterocycles. The minimum atomic E-state index is -3.05. The Kier molecular flexibility index (Phi) is 4.77. The van der Waals surface area contributed by atoms with Gasteiger partial charge in [-0.15, -0.1) is 0 Å². The van der Waals surface area contributed by atoms with Crippen molar-refractivity contribution in [3.8, 4) is 16.9 Å². The maximum absolute atomic E-state index is 13.2. The summed E-state index contributed by atoms with van der Waals surface area (Å²) in [6.07, 6.45) is 1.73. The molecule has 3 aromatic rings. The maximum atomic E-state index is 13.2. The van der Waals surface area contributed by atoms with Gasteiger partial charge in [-0.1, -0.05) is 48.0 Å². The van der Waals surface area contributed by atoms with Crippen molar-refractivity contribution in [2.75, 3.05) is 24.6 Å². The zero-order valence-electron chi connectivity index (χ0n) is 15.6. The Bertz CT molecular complexity index is 1090. The van der Waals surface area contributed by atoms with Gasteiger partial charge in [0.05, 0.1) is 22.8 Å². The van der Waals surface area contributed by atoms with Crippen molar-refractivity contribution in [3.63, 3.8) is 0 Å². The van der Waals surface area contributed by atoms with Crippen molar-refractivity contribution in [2.45, 2.75) is 6.92 Å². The van der Waals surface area contributed by atoms with E-state index in [-0.39, 0.29) is 30.5 Å². The highest BCUT2D eigenvalue weighted by atomic mass is 32.2. The molecule has 0 saturated carbocycles. The number of hydrogen-bond donors (Lipinski definition) is 0. The summed E-state index contributed by atoms with van der Waals surface area (Å²) in [7, 11) is -3.05. The van der Waals surface area contributed by atoms with Gasteiger partial charge in [0.25, 0.3) is 5.91 Å². The Balaban J connectivity index is 1.74. The summed E-state index contributed by atoms with van der Waals surface area (Å²) in [5.41, 5.74) is 3.93. The molecule has 7 heteroatoms. The second-order valence-corrected chi connectivity index (χ2v) is 9.29. The number of aromatic nitrogens is 2. The fraction of sp³-hybridized carbons (Fsp3) is 0.238. The molecule has 1 amide bonds. The molecule has 0 spiro atoms. The number of hydrogen-bond acceptors (Lipinski definition) is 4. The van der Waals surface area contributed by atoms with E-state index in [9.17, 15) is 13.2 Å². The van der Waals surface area contributed by atoms with E-state index in [1.807, 2.05) is 61.5 Å². The number of aryl methyl sites for hydroxylation is 1. The predicted molar refractivity (Wildman–Crippen MR) is 108 cm³/mol. The van der Waals surface area contributed by atoms with E-state index < -0.39 is 9.84 Å². The van der Waals surface area contributed by atoms with Crippen molar-refractivity contribution in [1.29, 1.82) is 0 Å². The van der Waals surface area contributed by atoms with E-state index in [2.05, 4.69) is 5.10 Å². The Hall–Kier alpha value is -2.93. The molecule has 2 aromatic carbocycles. The van der Waals surface area contributed by atoms with Gasteiger partial charge in [0.15, 0.2) is 9.84 Å². The first-order chi connectivity index (χ1) is 13.4. The highest BCUT2D eigenvalue weighted by molar-refractivity contribution is 7.91. The quantitative estimate of drug-likeness (QED) is 0.684. The molecule has 0 unspecified atom stereocenters. The molecule has 6 nitrogen and oxygen atoms in total. The summed E-state index contributed by atoms with van der Waals surface area (Å²) in [4.78, 5) is 14.8. The molecule has 0 aliphatic carbocycles. The molecule has 0 bridgehead atoms. The van der Waals surface area contributed by atoms with E-state index in [1.54, 1.807) is 15.8 Å². The van der Waals surface area contributed by atoms with Crippen LogP contribution in [0.1, 0.15) is 15.9 Å². The Morgan fingerprint density at radius 3 is 2.25 bits per heavy atom. The van der Waals surface area contributed by atoms with Crippen molar-refractivity contribution in [3.05, 3.63) is 71.9 Å². The van der Waals surface area contributed by atoms with Crippen LogP contribution in [0.2, 0.25) is 0 Å². The van der Waals surface area contributed by atoms with Crippen LogP contribution in [0.15, 0.2) is 60.8 Å². The van der Waals surface area contributed by atoms with E-state index in [1.165, 1.54) is 0 Å². The predicted octanol–water partition coefficient (Wildman–Crippen LogP) is 2.72. The van der Waals surface area contributed by atoms with Gasteiger partial charge in [-0.2, -0.15) is 5.10 Å². The van der Waals surface area contributed by atoms with E-state index in [0.717, 1.165) is 16.8 Å². The highest BCUT2D eigenvalue weighted by Gasteiger charge is 2.28. The number of rotatable bonds is 3. The fourth-order valence-electron chi connectivity index (χ4n) is 3.26. The summed E-state index contributed by atoms with van der Waals surface area (Å²) in [5.74, 6) is -0.177. The van der Waals surface area contributed by atoms with Gasteiger partial charge >= 0.3 is 0 Å². The molecule has 4 rings (SSSR count). The number of nitrogens with zero attached hydrogens (tertiary/aromatic N) is 3. The molecule has 28 heavy (non-hydrogen) atoms. The van der Waals surface area contributed by atoms with E-state index in [4.69, 9.17) is 0 Å². The Morgan fingerprint density at radius 1 is 0.964 bits per heavy atom. The van der Waals surface area contributed by atoms with Crippen LogP contribution in [0.5, 0.6) is 0 Å². The third-order valence-corrected chi connectivity index (χ3v) is 6.53. The van der Waals surface area contributed by atoms with Crippen molar-refractivity contribution >= 4 is 15.7 Å². The number of sulfone groups is 1. The fourth-order valence-corrected chi connectivity index (χ4v) is 4.46. The number of amides is 1. The SMILES string of the molecule is Cc1ccc(-n2cc(C(=O)N3CCS(=O)(=O)CC3)c(-c3ccccc3)n2)cc1. The van der Waals surface area contributed by atoms with Crippen LogP contribution in [-0.4, -0.2) is 53.6 Å². The van der Waals surface area contributed by atoms with E-state index >= 15 is 0 Å². The lowest BCUT2D eigenvalue weighted by molar-refractivity contribution is 0.0771. The molecule has 1 aliphatic heterocycles. The Labute approximate surface area is 164 Å². The minimum Gasteiger partial charge on any atom is -0.336 e. The van der Waals surface area contributed by atoms with Crippen LogP contribution in [0.3, 0.4) is 0 Å². The highest BCUT2D eigenvalue weighted by Crippen LogP contribution is 2.25. The molecular weight excluding hydrogens is 374 g/mol. The van der Waals surface area contributed by atoms with Gasteiger partial charge in [0.1, 0.15) is 5.69 Å². The molecule has 1 aromatic heterocycles. The van der Waals surface area contributed by atoms with Crippen LogP contribution < -0.4 is 0 Å². The molecule has 1 saturated heterocycles. The van der Waals surface area contributed by atoms with Gasteiger partial charge in [-0.05, 0) is 19.1 Å². The average molecular weight is 395 g/mol. The largest absolute Gasteiger partial charge is 0.336 e. The van der Waals surface area contributed by atoms with E-state index in [0.29, 0.717) is 11.3 Å². The normalized spacial score (nSPS) is 16.1. The number of carbonyl (C=O) groups is 1. The van der Waals surface area contributed by atoms with Crippen LogP contribution in [-0.2, 0) is 9.84 Å². The van der Waals surface area contributed by atoms with Crippen molar-refractivity contribution in [1.82, 2.24) is 14.7 Å². The number of carbonyl (C=O) groups excluding carboxylic acids is 1. The van der Waals surface area contributed by atoms with Crippen molar-refractivity contribution in [2.24, 2.45) is 0 Å².